The first-order valence-electron chi connectivity index (χ1n) is 4.35. The Morgan fingerprint density at radius 2 is 2.23 bits per heavy atom. The Morgan fingerprint density at radius 3 is 2.85 bits per heavy atom. The number of rotatable bonds is 1. The lowest BCUT2D eigenvalue weighted by atomic mass is 10.2. The first kappa shape index (κ1) is 9.00. The highest BCUT2D eigenvalue weighted by Gasteiger charge is 2.24. The van der Waals surface area contributed by atoms with E-state index in [9.17, 15) is 0 Å². The van der Waals surface area contributed by atoms with Crippen LogP contribution in [0.1, 0.15) is 11.8 Å². The van der Waals surface area contributed by atoms with Crippen LogP contribution < -0.4 is 0 Å². The standard InChI is InChI=1S/C10H12ClNO/c1-12-6-7-13-10(12)8-4-2-3-5-9(8)11/h2-5,10H,6-7H2,1H3. The molecular formula is C10H12ClNO. The van der Waals surface area contributed by atoms with E-state index in [2.05, 4.69) is 4.90 Å². The molecule has 1 aliphatic rings. The minimum Gasteiger partial charge on any atom is -0.357 e. The van der Waals surface area contributed by atoms with Gasteiger partial charge in [-0.2, -0.15) is 0 Å². The topological polar surface area (TPSA) is 12.5 Å². The highest BCUT2D eigenvalue weighted by atomic mass is 35.5. The molecule has 0 spiro atoms. The molecule has 1 saturated heterocycles. The number of benzene rings is 1. The third kappa shape index (κ3) is 1.70. The summed E-state index contributed by atoms with van der Waals surface area (Å²) in [4.78, 5) is 2.15. The molecule has 0 N–H and O–H groups in total. The monoisotopic (exact) mass is 197 g/mol. The summed E-state index contributed by atoms with van der Waals surface area (Å²) in [5, 5.41) is 0.779. The molecule has 13 heavy (non-hydrogen) atoms. The Bertz CT molecular complexity index is 303. The van der Waals surface area contributed by atoms with Crippen molar-refractivity contribution in [1.82, 2.24) is 4.90 Å². The molecule has 70 valence electrons. The summed E-state index contributed by atoms with van der Waals surface area (Å²) in [5.74, 6) is 0. The molecule has 1 heterocycles. The number of likely N-dealkylation sites (N-methyl/N-ethyl adjacent to an activating group) is 1. The van der Waals surface area contributed by atoms with Crippen LogP contribution in [-0.4, -0.2) is 25.1 Å². The van der Waals surface area contributed by atoms with E-state index < -0.39 is 0 Å². The van der Waals surface area contributed by atoms with Gasteiger partial charge in [0.15, 0.2) is 0 Å². The molecule has 0 radical (unpaired) electrons. The molecule has 2 rings (SSSR count). The van der Waals surface area contributed by atoms with Gasteiger partial charge >= 0.3 is 0 Å². The van der Waals surface area contributed by atoms with Crippen LogP contribution in [0, 0.1) is 0 Å². The Morgan fingerprint density at radius 1 is 1.46 bits per heavy atom. The molecule has 0 saturated carbocycles. The Hall–Kier alpha value is -0.570. The number of halogens is 1. The largest absolute Gasteiger partial charge is 0.357 e. The molecule has 1 fully saturated rings. The van der Waals surface area contributed by atoms with Crippen molar-refractivity contribution in [3.8, 4) is 0 Å². The van der Waals surface area contributed by atoms with Gasteiger partial charge in [0.05, 0.1) is 6.61 Å². The Kier molecular flexibility index (Phi) is 2.54. The molecule has 1 aromatic rings. The van der Waals surface area contributed by atoms with E-state index in [1.54, 1.807) is 0 Å². The van der Waals surface area contributed by atoms with Gasteiger partial charge in [0.1, 0.15) is 6.23 Å². The van der Waals surface area contributed by atoms with Crippen LogP contribution in [0.4, 0.5) is 0 Å². The van der Waals surface area contributed by atoms with Crippen LogP contribution in [0.2, 0.25) is 5.02 Å². The summed E-state index contributed by atoms with van der Waals surface area (Å²) in [6.45, 7) is 1.75. The summed E-state index contributed by atoms with van der Waals surface area (Å²) >= 11 is 6.06. The summed E-state index contributed by atoms with van der Waals surface area (Å²) < 4.78 is 5.57. The highest BCUT2D eigenvalue weighted by Crippen LogP contribution is 2.30. The molecule has 0 aliphatic carbocycles. The van der Waals surface area contributed by atoms with Crippen molar-refractivity contribution in [2.24, 2.45) is 0 Å². The normalized spacial score (nSPS) is 23.7. The maximum absolute atomic E-state index is 6.06. The molecule has 0 bridgehead atoms. The first-order chi connectivity index (χ1) is 6.29. The summed E-state index contributed by atoms with van der Waals surface area (Å²) in [6.07, 6.45) is 0.0358. The van der Waals surface area contributed by atoms with Gasteiger partial charge in [-0.05, 0) is 13.1 Å². The van der Waals surface area contributed by atoms with E-state index in [-0.39, 0.29) is 6.23 Å². The van der Waals surface area contributed by atoms with Crippen molar-refractivity contribution in [3.63, 3.8) is 0 Å². The van der Waals surface area contributed by atoms with Gasteiger partial charge in [0, 0.05) is 17.1 Å². The lowest BCUT2D eigenvalue weighted by Gasteiger charge is -2.19. The van der Waals surface area contributed by atoms with Gasteiger partial charge in [-0.25, -0.2) is 0 Å². The van der Waals surface area contributed by atoms with Crippen LogP contribution in [0.15, 0.2) is 24.3 Å². The Balaban J connectivity index is 2.29. The quantitative estimate of drug-likeness (QED) is 0.685. The third-order valence-electron chi connectivity index (χ3n) is 2.29. The van der Waals surface area contributed by atoms with Crippen LogP contribution in [0.25, 0.3) is 0 Å². The molecular weight excluding hydrogens is 186 g/mol. The summed E-state index contributed by atoms with van der Waals surface area (Å²) in [6, 6.07) is 7.82. The summed E-state index contributed by atoms with van der Waals surface area (Å²) in [7, 11) is 2.04. The van der Waals surface area contributed by atoms with E-state index in [1.807, 2.05) is 31.3 Å². The molecule has 1 aromatic carbocycles. The van der Waals surface area contributed by atoms with E-state index in [4.69, 9.17) is 16.3 Å². The molecule has 3 heteroatoms. The average molecular weight is 198 g/mol. The van der Waals surface area contributed by atoms with Gasteiger partial charge in [-0.15, -0.1) is 0 Å². The fourth-order valence-corrected chi connectivity index (χ4v) is 1.78. The molecule has 2 nitrogen and oxygen atoms in total. The minimum absolute atomic E-state index is 0.0358. The van der Waals surface area contributed by atoms with E-state index in [0.717, 1.165) is 23.7 Å². The first-order valence-corrected chi connectivity index (χ1v) is 4.73. The fraction of sp³-hybridized carbons (Fsp3) is 0.400. The second kappa shape index (κ2) is 3.66. The van der Waals surface area contributed by atoms with Crippen LogP contribution in [-0.2, 0) is 4.74 Å². The smallest absolute Gasteiger partial charge is 0.138 e. The SMILES string of the molecule is CN1CCOC1c1ccccc1Cl. The van der Waals surface area contributed by atoms with Gasteiger partial charge in [-0.1, -0.05) is 29.8 Å². The van der Waals surface area contributed by atoms with Gasteiger partial charge in [-0.3, -0.25) is 4.90 Å². The molecule has 1 atom stereocenters. The maximum atomic E-state index is 6.06. The average Bonchev–Trinajstić information content (AvgIpc) is 2.52. The molecule has 0 amide bonds. The number of hydrogen-bond acceptors (Lipinski definition) is 2. The van der Waals surface area contributed by atoms with Crippen molar-refractivity contribution in [2.75, 3.05) is 20.2 Å². The van der Waals surface area contributed by atoms with E-state index >= 15 is 0 Å². The zero-order chi connectivity index (χ0) is 9.26. The maximum Gasteiger partial charge on any atom is 0.138 e. The Labute approximate surface area is 83.1 Å². The van der Waals surface area contributed by atoms with Crippen molar-refractivity contribution >= 4 is 11.6 Å². The lowest BCUT2D eigenvalue weighted by Crippen LogP contribution is -2.18. The molecule has 0 aromatic heterocycles. The second-order valence-electron chi connectivity index (χ2n) is 3.23. The fourth-order valence-electron chi connectivity index (χ4n) is 1.56. The van der Waals surface area contributed by atoms with Crippen molar-refractivity contribution in [2.45, 2.75) is 6.23 Å². The highest BCUT2D eigenvalue weighted by molar-refractivity contribution is 6.31. The van der Waals surface area contributed by atoms with Gasteiger partial charge in [0.25, 0.3) is 0 Å². The second-order valence-corrected chi connectivity index (χ2v) is 3.63. The zero-order valence-corrected chi connectivity index (χ0v) is 8.29. The van der Waals surface area contributed by atoms with Gasteiger partial charge < -0.3 is 4.74 Å². The molecule has 1 unspecified atom stereocenters. The summed E-state index contributed by atoms with van der Waals surface area (Å²) in [5.41, 5.74) is 1.06. The van der Waals surface area contributed by atoms with Crippen LogP contribution in [0.5, 0.6) is 0 Å². The van der Waals surface area contributed by atoms with Crippen LogP contribution >= 0.6 is 11.6 Å². The lowest BCUT2D eigenvalue weighted by molar-refractivity contribution is 0.0454. The predicted molar refractivity (Wildman–Crippen MR) is 52.8 cm³/mol. The third-order valence-corrected chi connectivity index (χ3v) is 2.64. The van der Waals surface area contributed by atoms with Crippen LogP contribution in [0.3, 0.4) is 0 Å². The number of hydrogen-bond donors (Lipinski definition) is 0. The number of nitrogens with zero attached hydrogens (tertiary/aromatic N) is 1. The van der Waals surface area contributed by atoms with Crippen molar-refractivity contribution in [3.05, 3.63) is 34.9 Å². The molecule has 1 aliphatic heterocycles. The predicted octanol–water partition coefficient (Wildman–Crippen LogP) is 2.30. The van der Waals surface area contributed by atoms with Crippen molar-refractivity contribution in [1.29, 1.82) is 0 Å². The van der Waals surface area contributed by atoms with E-state index in [0.29, 0.717) is 0 Å². The zero-order valence-electron chi connectivity index (χ0n) is 7.53. The van der Waals surface area contributed by atoms with Gasteiger partial charge in [0.2, 0.25) is 0 Å². The minimum atomic E-state index is 0.0358. The van der Waals surface area contributed by atoms with E-state index in [1.165, 1.54) is 0 Å². The van der Waals surface area contributed by atoms with Crippen molar-refractivity contribution < 1.29 is 4.74 Å². The number of ether oxygens (including phenoxy) is 1.